The first kappa shape index (κ1) is 13.6. The summed E-state index contributed by atoms with van der Waals surface area (Å²) >= 11 is 9.44. The Labute approximate surface area is 118 Å². The lowest BCUT2D eigenvalue weighted by Gasteiger charge is -2.32. The molecule has 2 heterocycles. The molecule has 0 amide bonds. The van der Waals surface area contributed by atoms with Crippen LogP contribution >= 0.6 is 27.5 Å². The van der Waals surface area contributed by atoms with Crippen LogP contribution in [0.25, 0.3) is 0 Å². The zero-order valence-corrected chi connectivity index (χ0v) is 12.1. The summed E-state index contributed by atoms with van der Waals surface area (Å²) in [5.74, 6) is 0.269. The van der Waals surface area contributed by atoms with Crippen molar-refractivity contribution < 1.29 is 14.3 Å². The molecule has 7 heteroatoms. The first-order valence-corrected chi connectivity index (χ1v) is 6.54. The summed E-state index contributed by atoms with van der Waals surface area (Å²) in [5.41, 5.74) is 0. The fourth-order valence-corrected chi connectivity index (χ4v) is 2.50. The fraction of sp³-hybridized carbons (Fsp3) is 0.455. The number of hydrogen-bond donors (Lipinski definition) is 0. The highest BCUT2D eigenvalue weighted by Gasteiger charge is 2.28. The highest BCUT2D eigenvalue weighted by atomic mass is 79.9. The SMILES string of the molecule is COC(=O)C1CN(c2ncc(Br)cc2Cl)CCO1. The molecule has 0 radical (unpaired) electrons. The van der Waals surface area contributed by atoms with Gasteiger partial charge in [0.05, 0.1) is 25.3 Å². The molecule has 1 atom stereocenters. The monoisotopic (exact) mass is 334 g/mol. The highest BCUT2D eigenvalue weighted by Crippen LogP contribution is 2.27. The fourth-order valence-electron chi connectivity index (χ4n) is 1.76. The van der Waals surface area contributed by atoms with Crippen LogP contribution in [0.4, 0.5) is 5.82 Å². The van der Waals surface area contributed by atoms with E-state index in [1.54, 1.807) is 12.3 Å². The van der Waals surface area contributed by atoms with E-state index in [-0.39, 0.29) is 5.97 Å². The second-order valence-corrected chi connectivity index (χ2v) is 5.11. The van der Waals surface area contributed by atoms with Crippen molar-refractivity contribution in [3.8, 4) is 0 Å². The number of ether oxygens (including phenoxy) is 2. The average molecular weight is 336 g/mol. The minimum atomic E-state index is -0.592. The summed E-state index contributed by atoms with van der Waals surface area (Å²) in [7, 11) is 1.34. The van der Waals surface area contributed by atoms with Gasteiger partial charge < -0.3 is 14.4 Å². The van der Waals surface area contributed by atoms with Gasteiger partial charge >= 0.3 is 5.97 Å². The number of carbonyl (C=O) groups is 1. The van der Waals surface area contributed by atoms with Gasteiger partial charge in [0, 0.05) is 17.2 Å². The lowest BCUT2D eigenvalue weighted by Crippen LogP contribution is -2.47. The maximum Gasteiger partial charge on any atom is 0.336 e. The van der Waals surface area contributed by atoms with E-state index in [0.717, 1.165) is 4.47 Å². The van der Waals surface area contributed by atoms with Gasteiger partial charge in [0.25, 0.3) is 0 Å². The molecule has 1 fully saturated rings. The van der Waals surface area contributed by atoms with Gasteiger partial charge in [-0.1, -0.05) is 11.6 Å². The Morgan fingerprint density at radius 2 is 2.50 bits per heavy atom. The van der Waals surface area contributed by atoms with Crippen LogP contribution in [-0.4, -0.2) is 43.9 Å². The first-order chi connectivity index (χ1) is 8.61. The van der Waals surface area contributed by atoms with E-state index in [0.29, 0.717) is 30.5 Å². The van der Waals surface area contributed by atoms with Gasteiger partial charge in [-0.25, -0.2) is 9.78 Å². The molecule has 0 aliphatic carbocycles. The second-order valence-electron chi connectivity index (χ2n) is 3.79. The van der Waals surface area contributed by atoms with Gasteiger partial charge in [0.2, 0.25) is 0 Å². The van der Waals surface area contributed by atoms with Gasteiger partial charge in [-0.2, -0.15) is 0 Å². The normalized spacial score (nSPS) is 19.7. The van der Waals surface area contributed by atoms with Crippen LogP contribution in [0.3, 0.4) is 0 Å². The second kappa shape index (κ2) is 5.86. The topological polar surface area (TPSA) is 51.7 Å². The number of pyridine rings is 1. The molecule has 0 saturated carbocycles. The molecule has 2 rings (SSSR count). The van der Waals surface area contributed by atoms with Crippen LogP contribution in [-0.2, 0) is 14.3 Å². The van der Waals surface area contributed by atoms with E-state index in [9.17, 15) is 4.79 Å². The van der Waals surface area contributed by atoms with Crippen LogP contribution in [0.2, 0.25) is 5.02 Å². The average Bonchev–Trinajstić information content (AvgIpc) is 2.38. The molecule has 98 valence electrons. The van der Waals surface area contributed by atoms with Crippen LogP contribution in [0.1, 0.15) is 0 Å². The van der Waals surface area contributed by atoms with Crippen LogP contribution < -0.4 is 4.90 Å². The van der Waals surface area contributed by atoms with Crippen molar-refractivity contribution in [3.63, 3.8) is 0 Å². The Hall–Kier alpha value is -0.850. The number of anilines is 1. The third kappa shape index (κ3) is 2.93. The number of hydrogen-bond acceptors (Lipinski definition) is 5. The molecule has 1 aromatic heterocycles. The van der Waals surface area contributed by atoms with Crippen molar-refractivity contribution in [1.82, 2.24) is 4.98 Å². The van der Waals surface area contributed by atoms with E-state index in [1.165, 1.54) is 7.11 Å². The van der Waals surface area contributed by atoms with Crippen molar-refractivity contribution in [2.24, 2.45) is 0 Å². The molecule has 1 unspecified atom stereocenters. The number of halogens is 2. The number of carbonyl (C=O) groups excluding carboxylic acids is 1. The van der Waals surface area contributed by atoms with Gasteiger partial charge in [-0.3, -0.25) is 0 Å². The standard InChI is InChI=1S/C11H12BrClN2O3/c1-17-11(16)9-6-15(2-3-18-9)10-8(13)4-7(12)5-14-10/h4-5,9H,2-3,6H2,1H3. The van der Waals surface area contributed by atoms with Gasteiger partial charge in [0.1, 0.15) is 5.82 Å². The van der Waals surface area contributed by atoms with Crippen molar-refractivity contribution in [1.29, 1.82) is 0 Å². The van der Waals surface area contributed by atoms with Crippen molar-refractivity contribution in [3.05, 3.63) is 21.8 Å². The quantitative estimate of drug-likeness (QED) is 0.772. The lowest BCUT2D eigenvalue weighted by atomic mass is 10.2. The number of esters is 1. The summed E-state index contributed by atoms with van der Waals surface area (Å²) in [6.07, 6.45) is 1.08. The highest BCUT2D eigenvalue weighted by molar-refractivity contribution is 9.10. The van der Waals surface area contributed by atoms with Crippen molar-refractivity contribution >= 4 is 39.3 Å². The van der Waals surface area contributed by atoms with Crippen LogP contribution in [0, 0.1) is 0 Å². The number of nitrogens with zero attached hydrogens (tertiary/aromatic N) is 2. The van der Waals surface area contributed by atoms with Crippen molar-refractivity contribution in [2.75, 3.05) is 31.7 Å². The van der Waals surface area contributed by atoms with E-state index in [1.807, 2.05) is 4.90 Å². The van der Waals surface area contributed by atoms with Gasteiger partial charge in [-0.05, 0) is 22.0 Å². The molecule has 0 N–H and O–H groups in total. The minimum Gasteiger partial charge on any atom is -0.467 e. The molecule has 5 nitrogen and oxygen atoms in total. The Morgan fingerprint density at radius 1 is 1.72 bits per heavy atom. The first-order valence-electron chi connectivity index (χ1n) is 5.37. The molecule has 0 aromatic carbocycles. The molecule has 1 saturated heterocycles. The molecular weight excluding hydrogens is 323 g/mol. The smallest absolute Gasteiger partial charge is 0.336 e. The summed E-state index contributed by atoms with van der Waals surface area (Å²) < 4.78 is 10.8. The Morgan fingerprint density at radius 3 is 3.17 bits per heavy atom. The van der Waals surface area contributed by atoms with E-state index in [4.69, 9.17) is 16.3 Å². The van der Waals surface area contributed by atoms with Crippen LogP contribution in [0.15, 0.2) is 16.7 Å². The maximum atomic E-state index is 11.4. The lowest BCUT2D eigenvalue weighted by molar-refractivity contribution is -0.154. The molecule has 18 heavy (non-hydrogen) atoms. The van der Waals surface area contributed by atoms with Crippen molar-refractivity contribution in [2.45, 2.75) is 6.10 Å². The largest absolute Gasteiger partial charge is 0.467 e. The number of rotatable bonds is 2. The molecule has 1 aromatic rings. The molecule has 1 aliphatic heterocycles. The Kier molecular flexibility index (Phi) is 4.42. The minimum absolute atomic E-state index is 0.382. The Bertz CT molecular complexity index is 458. The maximum absolute atomic E-state index is 11.4. The summed E-state index contributed by atoms with van der Waals surface area (Å²) in [5, 5.41) is 0.537. The molecule has 0 bridgehead atoms. The third-order valence-corrected chi connectivity index (χ3v) is 3.33. The number of methoxy groups -OCH3 is 1. The summed E-state index contributed by atoms with van der Waals surface area (Å²) in [6.45, 7) is 1.47. The molecular formula is C11H12BrClN2O3. The number of aromatic nitrogens is 1. The summed E-state index contributed by atoms with van der Waals surface area (Å²) in [4.78, 5) is 17.6. The third-order valence-electron chi connectivity index (χ3n) is 2.62. The van der Waals surface area contributed by atoms with Gasteiger partial charge in [0.15, 0.2) is 6.10 Å². The molecule has 0 spiro atoms. The zero-order chi connectivity index (χ0) is 13.1. The predicted molar refractivity (Wildman–Crippen MR) is 70.9 cm³/mol. The Balaban J connectivity index is 2.15. The molecule has 1 aliphatic rings. The van der Waals surface area contributed by atoms with Gasteiger partial charge in [-0.15, -0.1) is 0 Å². The van der Waals surface area contributed by atoms with E-state index >= 15 is 0 Å². The number of morpholine rings is 1. The van der Waals surface area contributed by atoms with E-state index in [2.05, 4.69) is 25.7 Å². The van der Waals surface area contributed by atoms with E-state index < -0.39 is 6.10 Å². The van der Waals surface area contributed by atoms with Crippen LogP contribution in [0.5, 0.6) is 0 Å². The predicted octanol–water partition coefficient (Wildman–Crippen LogP) is 1.88. The summed E-state index contributed by atoms with van der Waals surface area (Å²) in [6, 6.07) is 1.77. The zero-order valence-electron chi connectivity index (χ0n) is 9.73.